The Morgan fingerprint density at radius 2 is 1.84 bits per heavy atom. The highest BCUT2D eigenvalue weighted by molar-refractivity contribution is 6.03. The Bertz CT molecular complexity index is 1370. The Kier molecular flexibility index (Phi) is 6.53. The van der Waals surface area contributed by atoms with Crippen molar-refractivity contribution in [2.75, 3.05) is 11.9 Å². The molecule has 0 bridgehead atoms. The number of nitrogens with zero attached hydrogens (tertiary/aromatic N) is 1. The number of anilines is 1. The number of carbonyl (C=O) groups excluding carboxylic acids is 1. The summed E-state index contributed by atoms with van der Waals surface area (Å²) in [5.41, 5.74) is 3.07. The number of hydrogen-bond acceptors (Lipinski definition) is 5. The summed E-state index contributed by atoms with van der Waals surface area (Å²) in [6, 6.07) is 10.3. The summed E-state index contributed by atoms with van der Waals surface area (Å²) in [7, 11) is 0. The molecule has 206 valence electrons. The molecule has 5 rings (SSSR count). The highest BCUT2D eigenvalue weighted by Crippen LogP contribution is 2.52. The maximum atomic E-state index is 13.4. The molecule has 0 spiro atoms. The van der Waals surface area contributed by atoms with Crippen molar-refractivity contribution in [2.24, 2.45) is 0 Å². The van der Waals surface area contributed by atoms with E-state index in [2.05, 4.69) is 35.6 Å². The van der Waals surface area contributed by atoms with Crippen LogP contribution in [0, 0.1) is 6.92 Å². The smallest absolute Gasteiger partial charge is 0.395 e. The van der Waals surface area contributed by atoms with Gasteiger partial charge in [-0.1, -0.05) is 34.3 Å². The number of aryl methyl sites for hydroxylation is 1. The zero-order chi connectivity index (χ0) is 26.0. The summed E-state index contributed by atoms with van der Waals surface area (Å²) in [5.74, 6) is -0.334. The van der Waals surface area contributed by atoms with Gasteiger partial charge in [0.25, 0.3) is 0 Å². The lowest BCUT2D eigenvalue weighted by atomic mass is 9.92. The van der Waals surface area contributed by atoms with Crippen molar-refractivity contribution in [3.63, 3.8) is 0 Å². The van der Waals surface area contributed by atoms with Gasteiger partial charge in [0.15, 0.2) is 11.5 Å². The van der Waals surface area contributed by atoms with Crippen molar-refractivity contribution in [1.82, 2.24) is 4.57 Å². The van der Waals surface area contributed by atoms with Crippen LogP contribution in [0.25, 0.3) is 10.9 Å². The lowest BCUT2D eigenvalue weighted by Gasteiger charge is -2.24. The summed E-state index contributed by atoms with van der Waals surface area (Å²) < 4.78 is 37.9. The molecule has 1 fully saturated rings. The van der Waals surface area contributed by atoms with Crippen LogP contribution in [-0.2, 0) is 22.2 Å². The second-order valence-corrected chi connectivity index (χ2v) is 10.8. The molecule has 0 unspecified atom stereocenters. The molecular formula is C28H40F2N2O5. The molecule has 9 heteroatoms. The molecule has 0 radical (unpaired) electrons. The average molecular weight is 523 g/mol. The normalized spacial score (nSPS) is 17.8. The molecule has 1 aliphatic heterocycles. The molecule has 2 aromatic carbocycles. The fourth-order valence-electron chi connectivity index (χ4n) is 5.05. The van der Waals surface area contributed by atoms with Crippen LogP contribution < -0.4 is 14.8 Å². The van der Waals surface area contributed by atoms with E-state index in [4.69, 9.17) is 0 Å². The highest BCUT2D eigenvalue weighted by Gasteiger charge is 2.52. The van der Waals surface area contributed by atoms with E-state index in [1.165, 1.54) is 12.1 Å². The van der Waals surface area contributed by atoms with Crippen LogP contribution >= 0.6 is 0 Å². The van der Waals surface area contributed by atoms with Gasteiger partial charge in [-0.15, -0.1) is 8.78 Å². The molecule has 0 saturated heterocycles. The largest absolute Gasteiger partial charge is 0.586 e. The first-order valence-electron chi connectivity index (χ1n) is 12.0. The number of fused-ring (bicyclic) bond motifs is 2. The maximum Gasteiger partial charge on any atom is 0.586 e. The van der Waals surface area contributed by atoms with Crippen LogP contribution in [-0.4, -0.2) is 39.7 Å². The van der Waals surface area contributed by atoms with E-state index < -0.39 is 17.8 Å². The minimum Gasteiger partial charge on any atom is -0.395 e. The third-order valence-electron chi connectivity index (χ3n) is 6.95. The number of halogens is 2. The molecule has 37 heavy (non-hydrogen) atoms. The third-order valence-corrected chi connectivity index (χ3v) is 6.95. The monoisotopic (exact) mass is 522 g/mol. The van der Waals surface area contributed by atoms with Gasteiger partial charge in [-0.05, 0) is 61.2 Å². The van der Waals surface area contributed by atoms with Crippen LogP contribution in [0.3, 0.4) is 0 Å². The summed E-state index contributed by atoms with van der Waals surface area (Å²) >= 11 is 0. The van der Waals surface area contributed by atoms with Gasteiger partial charge in [0, 0.05) is 26.5 Å². The minimum atomic E-state index is -3.71. The Balaban J connectivity index is 0.00000200. The van der Waals surface area contributed by atoms with Crippen molar-refractivity contribution in [3.05, 3.63) is 53.2 Å². The highest BCUT2D eigenvalue weighted by atomic mass is 19.3. The topological polar surface area (TPSA) is 93.0 Å². The van der Waals surface area contributed by atoms with Gasteiger partial charge in [-0.25, -0.2) is 0 Å². The molecule has 1 atom stereocenters. The van der Waals surface area contributed by atoms with Gasteiger partial charge >= 0.3 is 6.29 Å². The number of benzene rings is 2. The van der Waals surface area contributed by atoms with Crippen molar-refractivity contribution in [2.45, 2.75) is 77.7 Å². The quantitative estimate of drug-likeness (QED) is 0.371. The molecule has 7 nitrogen and oxygen atoms in total. The second-order valence-electron chi connectivity index (χ2n) is 10.8. The van der Waals surface area contributed by atoms with Crippen LogP contribution in [0.4, 0.5) is 14.5 Å². The Morgan fingerprint density at radius 1 is 1.16 bits per heavy atom. The van der Waals surface area contributed by atoms with Gasteiger partial charge < -0.3 is 29.6 Å². The lowest BCUT2D eigenvalue weighted by molar-refractivity contribution is -0.286. The summed E-state index contributed by atoms with van der Waals surface area (Å²) in [6.07, 6.45) is -3.40. The van der Waals surface area contributed by atoms with Gasteiger partial charge in [0.2, 0.25) is 5.91 Å². The van der Waals surface area contributed by atoms with Gasteiger partial charge in [0.05, 0.1) is 30.2 Å². The number of hydrogen-bond donors (Lipinski definition) is 3. The second kappa shape index (κ2) is 8.99. The molecule has 1 aliphatic carbocycles. The standard InChI is InChI=1S/C27H30F2N2O5.CH4.3H2/c1-15-9-18(10-16-11-22(25(2,3)4)31(23(15)16)13-19(33)14-32)30-24(34)26(7-8-26)17-5-6-20-21(12-17)36-27(28,29)35-20;;;;/h5-6,9-12,19,32-33H,7-8,13-14H2,1-4H3,(H,30,34);1H4;3*1H/t19-;;;;/m0..../s1. The SMILES string of the molecule is C.Cc1cc(NC(=O)C2(c3ccc4c(c3)OC(F)(F)O4)CC2)cc2cc(C(C)(C)C)n(C[C@H](O)CO)c12.[HH].[HH].[HH]. The maximum absolute atomic E-state index is 13.4. The number of aliphatic hydroxyl groups excluding tert-OH is 2. The van der Waals surface area contributed by atoms with Crippen LogP contribution in [0.1, 0.15) is 62.1 Å². The molecule has 2 aliphatic rings. The number of carbonyl (C=O) groups is 1. The third kappa shape index (κ3) is 4.78. The van der Waals surface area contributed by atoms with E-state index >= 15 is 0 Å². The summed E-state index contributed by atoms with van der Waals surface area (Å²) in [6.45, 7) is 8.11. The van der Waals surface area contributed by atoms with E-state index in [0.29, 0.717) is 24.1 Å². The van der Waals surface area contributed by atoms with E-state index in [1.807, 2.05) is 29.7 Å². The average Bonchev–Trinajstić information content (AvgIpc) is 3.41. The van der Waals surface area contributed by atoms with E-state index in [-0.39, 0.29) is 47.7 Å². The van der Waals surface area contributed by atoms with Crippen molar-refractivity contribution in [3.8, 4) is 11.5 Å². The Hall–Kier alpha value is -3.17. The summed E-state index contributed by atoms with van der Waals surface area (Å²) in [4.78, 5) is 13.4. The molecule has 1 aromatic heterocycles. The molecule has 2 heterocycles. The number of rotatable bonds is 6. The Morgan fingerprint density at radius 3 is 2.46 bits per heavy atom. The zero-order valence-corrected chi connectivity index (χ0v) is 20.7. The number of aromatic nitrogens is 1. The first kappa shape index (κ1) is 26.9. The lowest BCUT2D eigenvalue weighted by Crippen LogP contribution is -2.28. The van der Waals surface area contributed by atoms with E-state index in [1.54, 1.807) is 6.07 Å². The predicted octanol–water partition coefficient (Wildman–Crippen LogP) is 5.97. The zero-order valence-electron chi connectivity index (χ0n) is 20.7. The molecule has 1 amide bonds. The van der Waals surface area contributed by atoms with Crippen molar-refractivity contribution >= 4 is 22.5 Å². The molecular weight excluding hydrogens is 482 g/mol. The molecule has 1 saturated carbocycles. The van der Waals surface area contributed by atoms with Crippen molar-refractivity contribution in [1.29, 1.82) is 0 Å². The minimum absolute atomic E-state index is 0. The number of ether oxygens (including phenoxy) is 2. The van der Waals surface area contributed by atoms with Gasteiger partial charge in [0.1, 0.15) is 0 Å². The predicted molar refractivity (Wildman–Crippen MR) is 144 cm³/mol. The first-order chi connectivity index (χ1) is 16.8. The molecule has 3 N–H and O–H groups in total. The van der Waals surface area contributed by atoms with E-state index in [9.17, 15) is 23.8 Å². The first-order valence-corrected chi connectivity index (χ1v) is 12.0. The number of aliphatic hydroxyl groups is 2. The Labute approximate surface area is 219 Å². The van der Waals surface area contributed by atoms with Crippen LogP contribution in [0.5, 0.6) is 11.5 Å². The van der Waals surface area contributed by atoms with Crippen LogP contribution in [0.2, 0.25) is 0 Å². The summed E-state index contributed by atoms with van der Waals surface area (Å²) in [5, 5.41) is 23.5. The number of amides is 1. The molecule has 3 aromatic rings. The van der Waals surface area contributed by atoms with Crippen molar-refractivity contribution < 1.29 is 37.5 Å². The fraction of sp³-hybridized carbons (Fsp3) is 0.464. The van der Waals surface area contributed by atoms with Gasteiger partial charge in [-0.3, -0.25) is 4.79 Å². The van der Waals surface area contributed by atoms with Gasteiger partial charge in [-0.2, -0.15) is 0 Å². The fourth-order valence-corrected chi connectivity index (χ4v) is 5.05. The van der Waals surface area contributed by atoms with E-state index in [0.717, 1.165) is 22.2 Å². The number of nitrogens with one attached hydrogen (secondary N) is 1. The number of alkyl halides is 2. The van der Waals surface area contributed by atoms with Crippen LogP contribution in [0.15, 0.2) is 36.4 Å².